The highest BCUT2D eigenvalue weighted by molar-refractivity contribution is 5.40. The lowest BCUT2D eigenvalue weighted by Crippen LogP contribution is -2.10. The molecule has 0 radical (unpaired) electrons. The molecule has 0 amide bonds. The minimum absolute atomic E-state index is 0.223. The van der Waals surface area contributed by atoms with E-state index in [9.17, 15) is 4.39 Å². The third-order valence-electron chi connectivity index (χ3n) is 2.17. The zero-order chi connectivity index (χ0) is 11.3. The van der Waals surface area contributed by atoms with Crippen molar-refractivity contribution >= 4 is 0 Å². The van der Waals surface area contributed by atoms with Crippen molar-refractivity contribution in [2.24, 2.45) is 0 Å². The number of rotatable bonds is 5. The van der Waals surface area contributed by atoms with Crippen LogP contribution < -0.4 is 14.8 Å². The normalized spacial score (nSPS) is 10.1. The Balaban J connectivity index is 2.98. The zero-order valence-electron chi connectivity index (χ0n) is 9.26. The quantitative estimate of drug-likeness (QED) is 0.806. The first-order valence-corrected chi connectivity index (χ1v) is 4.78. The molecule has 0 saturated carbocycles. The van der Waals surface area contributed by atoms with Gasteiger partial charge in [0.25, 0.3) is 0 Å². The van der Waals surface area contributed by atoms with Crippen molar-refractivity contribution in [3.63, 3.8) is 0 Å². The number of hydrogen-bond donors (Lipinski definition) is 1. The van der Waals surface area contributed by atoms with Crippen molar-refractivity contribution in [3.8, 4) is 11.5 Å². The van der Waals surface area contributed by atoms with Crippen LogP contribution in [0.1, 0.15) is 5.56 Å². The molecule has 4 heteroatoms. The predicted molar refractivity (Wildman–Crippen MR) is 57.1 cm³/mol. The van der Waals surface area contributed by atoms with E-state index in [0.717, 1.165) is 18.5 Å². The Morgan fingerprint density at radius 3 is 2.13 bits per heavy atom. The maximum absolute atomic E-state index is 13.5. The second kappa shape index (κ2) is 5.56. The summed E-state index contributed by atoms with van der Waals surface area (Å²) in [6.07, 6.45) is 0.809. The largest absolute Gasteiger partial charge is 0.494 e. The monoisotopic (exact) mass is 213 g/mol. The Labute approximate surface area is 89.2 Å². The predicted octanol–water partition coefficient (Wildman–Crippen LogP) is 1.60. The van der Waals surface area contributed by atoms with Gasteiger partial charge in [0.1, 0.15) is 0 Å². The molecule has 0 aromatic heterocycles. The van der Waals surface area contributed by atoms with Gasteiger partial charge in [0, 0.05) is 0 Å². The van der Waals surface area contributed by atoms with Gasteiger partial charge in [-0.05, 0) is 37.7 Å². The van der Waals surface area contributed by atoms with Gasteiger partial charge in [0.15, 0.2) is 11.5 Å². The van der Waals surface area contributed by atoms with E-state index in [1.165, 1.54) is 14.2 Å². The summed E-state index contributed by atoms with van der Waals surface area (Å²) in [5.74, 6) is -0.00545. The van der Waals surface area contributed by atoms with E-state index in [-0.39, 0.29) is 11.5 Å². The summed E-state index contributed by atoms with van der Waals surface area (Å²) in [6, 6.07) is 3.38. The standard InChI is InChI=1S/C11H16FNO2/c1-13-5-4-8-6-9(14-2)11(12)10(7-8)15-3/h6-7,13H,4-5H2,1-3H3. The molecule has 0 fully saturated rings. The maximum Gasteiger partial charge on any atom is 0.206 e. The highest BCUT2D eigenvalue weighted by Gasteiger charge is 2.11. The molecule has 1 aromatic rings. The fourth-order valence-corrected chi connectivity index (χ4v) is 1.34. The van der Waals surface area contributed by atoms with Crippen molar-refractivity contribution in [3.05, 3.63) is 23.5 Å². The van der Waals surface area contributed by atoms with Crippen LogP contribution in [0.25, 0.3) is 0 Å². The van der Waals surface area contributed by atoms with E-state index in [0.29, 0.717) is 0 Å². The smallest absolute Gasteiger partial charge is 0.206 e. The summed E-state index contributed by atoms with van der Waals surface area (Å²) in [7, 11) is 4.76. The lowest BCUT2D eigenvalue weighted by Gasteiger charge is -2.10. The van der Waals surface area contributed by atoms with E-state index >= 15 is 0 Å². The molecule has 0 aliphatic heterocycles. The molecule has 0 aliphatic carbocycles. The van der Waals surface area contributed by atoms with Gasteiger partial charge < -0.3 is 14.8 Å². The summed E-state index contributed by atoms with van der Waals surface area (Å²) < 4.78 is 23.4. The van der Waals surface area contributed by atoms with E-state index in [1.807, 2.05) is 7.05 Å². The SMILES string of the molecule is CNCCc1cc(OC)c(F)c(OC)c1. The highest BCUT2D eigenvalue weighted by Crippen LogP contribution is 2.28. The van der Waals surface area contributed by atoms with Crippen LogP contribution in [0, 0.1) is 5.82 Å². The van der Waals surface area contributed by atoms with Crippen LogP contribution in [0.4, 0.5) is 4.39 Å². The Bertz CT molecular complexity index is 303. The molecular weight excluding hydrogens is 197 g/mol. The number of halogens is 1. The number of nitrogens with one attached hydrogen (secondary N) is 1. The lowest BCUT2D eigenvalue weighted by atomic mass is 10.1. The zero-order valence-corrected chi connectivity index (χ0v) is 9.26. The molecule has 0 saturated heterocycles. The van der Waals surface area contributed by atoms with Gasteiger partial charge in [0.05, 0.1) is 14.2 Å². The number of hydrogen-bond acceptors (Lipinski definition) is 3. The van der Waals surface area contributed by atoms with Gasteiger partial charge in [-0.3, -0.25) is 0 Å². The average molecular weight is 213 g/mol. The Kier molecular flexibility index (Phi) is 4.37. The fraction of sp³-hybridized carbons (Fsp3) is 0.455. The molecule has 15 heavy (non-hydrogen) atoms. The van der Waals surface area contributed by atoms with Gasteiger partial charge in [-0.1, -0.05) is 0 Å². The average Bonchev–Trinajstić information content (AvgIpc) is 2.27. The molecule has 0 atom stereocenters. The van der Waals surface area contributed by atoms with E-state index < -0.39 is 5.82 Å². The molecule has 0 heterocycles. The minimum atomic E-state index is -0.451. The summed E-state index contributed by atoms with van der Waals surface area (Å²) in [5, 5.41) is 3.03. The second-order valence-corrected chi connectivity index (χ2v) is 3.17. The van der Waals surface area contributed by atoms with Crippen molar-refractivity contribution in [2.45, 2.75) is 6.42 Å². The van der Waals surface area contributed by atoms with Crippen LogP contribution in [0.15, 0.2) is 12.1 Å². The number of benzene rings is 1. The summed E-state index contributed by atoms with van der Waals surface area (Å²) in [5.41, 5.74) is 0.986. The van der Waals surface area contributed by atoms with Gasteiger partial charge in [-0.2, -0.15) is 4.39 Å². The molecule has 0 unspecified atom stereocenters. The van der Waals surface area contributed by atoms with Gasteiger partial charge in [0.2, 0.25) is 5.82 Å². The first-order valence-electron chi connectivity index (χ1n) is 4.78. The third kappa shape index (κ3) is 2.83. The Morgan fingerprint density at radius 1 is 1.20 bits per heavy atom. The number of methoxy groups -OCH3 is 2. The molecule has 1 N–H and O–H groups in total. The first kappa shape index (κ1) is 11.8. The van der Waals surface area contributed by atoms with Crippen molar-refractivity contribution in [1.29, 1.82) is 0 Å². The molecule has 1 rings (SSSR count). The lowest BCUT2D eigenvalue weighted by molar-refractivity contribution is 0.349. The van der Waals surface area contributed by atoms with E-state index in [4.69, 9.17) is 9.47 Å². The van der Waals surface area contributed by atoms with E-state index in [1.54, 1.807) is 12.1 Å². The van der Waals surface area contributed by atoms with Crippen LogP contribution in [0.5, 0.6) is 11.5 Å². The summed E-state index contributed by atoms with van der Waals surface area (Å²) >= 11 is 0. The molecule has 84 valence electrons. The molecule has 0 spiro atoms. The van der Waals surface area contributed by atoms with Crippen molar-refractivity contribution in [2.75, 3.05) is 27.8 Å². The molecular formula is C11H16FNO2. The fourth-order valence-electron chi connectivity index (χ4n) is 1.34. The first-order chi connectivity index (χ1) is 7.22. The molecule has 3 nitrogen and oxygen atoms in total. The van der Waals surface area contributed by atoms with Crippen LogP contribution in [0.3, 0.4) is 0 Å². The summed E-state index contributed by atoms with van der Waals surface area (Å²) in [4.78, 5) is 0. The molecule has 0 bridgehead atoms. The topological polar surface area (TPSA) is 30.5 Å². The van der Waals surface area contributed by atoms with Gasteiger partial charge >= 0.3 is 0 Å². The molecule has 1 aromatic carbocycles. The maximum atomic E-state index is 13.5. The van der Waals surface area contributed by atoms with Crippen LogP contribution in [-0.2, 0) is 6.42 Å². The van der Waals surface area contributed by atoms with Crippen LogP contribution in [0.2, 0.25) is 0 Å². The Hall–Kier alpha value is -1.29. The van der Waals surface area contributed by atoms with Gasteiger partial charge in [-0.15, -0.1) is 0 Å². The number of likely N-dealkylation sites (N-methyl/N-ethyl adjacent to an activating group) is 1. The number of ether oxygens (including phenoxy) is 2. The molecule has 0 aliphatic rings. The third-order valence-corrected chi connectivity index (χ3v) is 2.17. The highest BCUT2D eigenvalue weighted by atomic mass is 19.1. The van der Waals surface area contributed by atoms with Crippen molar-refractivity contribution in [1.82, 2.24) is 5.32 Å². The second-order valence-electron chi connectivity index (χ2n) is 3.17. The van der Waals surface area contributed by atoms with Gasteiger partial charge in [-0.25, -0.2) is 0 Å². The van der Waals surface area contributed by atoms with Crippen LogP contribution >= 0.6 is 0 Å². The Morgan fingerprint density at radius 2 is 1.73 bits per heavy atom. The summed E-state index contributed by atoms with van der Waals surface area (Å²) in [6.45, 7) is 0.831. The van der Waals surface area contributed by atoms with Crippen molar-refractivity contribution < 1.29 is 13.9 Å². The van der Waals surface area contributed by atoms with Crippen LogP contribution in [-0.4, -0.2) is 27.8 Å². The van der Waals surface area contributed by atoms with E-state index in [2.05, 4.69) is 5.32 Å². The minimum Gasteiger partial charge on any atom is -0.494 e.